The molecule has 0 saturated carbocycles. The van der Waals surface area contributed by atoms with Gasteiger partial charge in [0.25, 0.3) is 0 Å². The normalized spacial score (nSPS) is 17.7. The minimum Gasteiger partial charge on any atom is -0.378 e. The van der Waals surface area contributed by atoms with Gasteiger partial charge >= 0.3 is 0 Å². The Kier molecular flexibility index (Phi) is 7.00. The molecule has 0 aromatic heterocycles. The first kappa shape index (κ1) is 16.4. The highest BCUT2D eigenvalue weighted by Crippen LogP contribution is 2.04. The predicted octanol–water partition coefficient (Wildman–Crippen LogP) is 0.152. The van der Waals surface area contributed by atoms with Gasteiger partial charge in [-0.1, -0.05) is 18.2 Å². The Morgan fingerprint density at radius 3 is 2.70 bits per heavy atom. The first-order chi connectivity index (χ1) is 9.25. The smallest absolute Gasteiger partial charge is 0.243 e. The summed E-state index contributed by atoms with van der Waals surface area (Å²) >= 11 is 0. The second-order valence-corrected chi connectivity index (χ2v) is 4.21. The minimum absolute atomic E-state index is 0. The number of benzene rings is 1. The van der Waals surface area contributed by atoms with Crippen LogP contribution in [0.4, 0.5) is 5.69 Å². The lowest BCUT2D eigenvalue weighted by Gasteiger charge is -2.22. The summed E-state index contributed by atoms with van der Waals surface area (Å²) in [6.07, 6.45) is 0. The Hall–Kier alpha value is -1.63. The highest BCUT2D eigenvalue weighted by molar-refractivity contribution is 5.95. The van der Waals surface area contributed by atoms with Gasteiger partial charge in [0, 0.05) is 12.2 Å². The third kappa shape index (κ3) is 5.16. The van der Waals surface area contributed by atoms with Gasteiger partial charge in [0.1, 0.15) is 6.04 Å². The van der Waals surface area contributed by atoms with Crippen LogP contribution in [0.25, 0.3) is 0 Å². The van der Waals surface area contributed by atoms with Crippen LogP contribution in [0.2, 0.25) is 0 Å². The van der Waals surface area contributed by atoms with E-state index in [0.29, 0.717) is 25.4 Å². The Morgan fingerprint density at radius 1 is 1.30 bits per heavy atom. The number of rotatable bonds is 4. The van der Waals surface area contributed by atoms with Crippen molar-refractivity contribution in [1.82, 2.24) is 10.6 Å². The lowest BCUT2D eigenvalue weighted by Crippen LogP contribution is -2.52. The molecule has 1 atom stereocenters. The fourth-order valence-corrected chi connectivity index (χ4v) is 1.75. The second-order valence-electron chi connectivity index (χ2n) is 4.21. The third-order valence-corrected chi connectivity index (χ3v) is 2.72. The zero-order valence-corrected chi connectivity index (χ0v) is 11.7. The van der Waals surface area contributed by atoms with Crippen molar-refractivity contribution in [2.75, 3.05) is 31.6 Å². The first-order valence-electron chi connectivity index (χ1n) is 6.19. The van der Waals surface area contributed by atoms with Crippen LogP contribution >= 0.6 is 12.4 Å². The van der Waals surface area contributed by atoms with Gasteiger partial charge in [-0.25, -0.2) is 0 Å². The van der Waals surface area contributed by atoms with Crippen LogP contribution in [0.15, 0.2) is 30.3 Å². The zero-order chi connectivity index (χ0) is 13.5. The Labute approximate surface area is 123 Å². The minimum atomic E-state index is -0.377. The van der Waals surface area contributed by atoms with E-state index in [-0.39, 0.29) is 36.8 Å². The average Bonchev–Trinajstić information content (AvgIpc) is 2.47. The Bertz CT molecular complexity index is 436. The van der Waals surface area contributed by atoms with Gasteiger partial charge in [0.2, 0.25) is 11.8 Å². The van der Waals surface area contributed by atoms with Crippen molar-refractivity contribution in [1.29, 1.82) is 0 Å². The molecule has 1 aliphatic rings. The number of carbonyl (C=O) groups excluding carboxylic acids is 2. The molecule has 0 bridgehead atoms. The number of hydrogen-bond acceptors (Lipinski definition) is 4. The van der Waals surface area contributed by atoms with Crippen molar-refractivity contribution < 1.29 is 14.3 Å². The highest BCUT2D eigenvalue weighted by atomic mass is 35.5. The van der Waals surface area contributed by atoms with E-state index in [9.17, 15) is 9.59 Å². The van der Waals surface area contributed by atoms with Crippen LogP contribution in [-0.4, -0.2) is 44.2 Å². The third-order valence-electron chi connectivity index (χ3n) is 2.72. The maximum absolute atomic E-state index is 11.7. The van der Waals surface area contributed by atoms with Crippen molar-refractivity contribution in [2.24, 2.45) is 0 Å². The summed E-state index contributed by atoms with van der Waals surface area (Å²) in [6.45, 7) is 1.55. The molecular weight excluding hydrogens is 282 g/mol. The summed E-state index contributed by atoms with van der Waals surface area (Å²) in [5, 5.41) is 8.30. The van der Waals surface area contributed by atoms with Gasteiger partial charge in [0.15, 0.2) is 0 Å². The number of para-hydroxylation sites is 1. The van der Waals surface area contributed by atoms with Gasteiger partial charge in [0.05, 0.1) is 19.8 Å². The summed E-state index contributed by atoms with van der Waals surface area (Å²) < 4.78 is 5.18. The van der Waals surface area contributed by atoms with Crippen molar-refractivity contribution >= 4 is 29.9 Å². The summed E-state index contributed by atoms with van der Waals surface area (Å²) in [4.78, 5) is 23.3. The van der Waals surface area contributed by atoms with Gasteiger partial charge in [-0.3, -0.25) is 9.59 Å². The van der Waals surface area contributed by atoms with E-state index in [4.69, 9.17) is 4.74 Å². The maximum Gasteiger partial charge on any atom is 0.243 e. The van der Waals surface area contributed by atoms with Crippen LogP contribution in [0.3, 0.4) is 0 Å². The van der Waals surface area contributed by atoms with E-state index in [1.807, 2.05) is 18.2 Å². The number of hydrogen-bond donors (Lipinski definition) is 3. The average molecular weight is 300 g/mol. The van der Waals surface area contributed by atoms with Crippen molar-refractivity contribution in [3.63, 3.8) is 0 Å². The van der Waals surface area contributed by atoms with E-state index >= 15 is 0 Å². The molecule has 1 heterocycles. The summed E-state index contributed by atoms with van der Waals surface area (Å²) in [5.41, 5.74) is 0.709. The molecule has 0 spiro atoms. The molecule has 1 aromatic rings. The summed E-state index contributed by atoms with van der Waals surface area (Å²) in [6, 6.07) is 8.73. The number of amides is 2. The van der Waals surface area contributed by atoms with Gasteiger partial charge < -0.3 is 20.7 Å². The Balaban J connectivity index is 0.00000200. The van der Waals surface area contributed by atoms with Crippen LogP contribution in [-0.2, 0) is 14.3 Å². The molecule has 1 saturated heterocycles. The zero-order valence-electron chi connectivity index (χ0n) is 10.9. The van der Waals surface area contributed by atoms with Gasteiger partial charge in [-0.15, -0.1) is 12.4 Å². The SMILES string of the molecule is Cl.O=C(CNC(=O)C1COCCN1)Nc1ccccc1. The van der Waals surface area contributed by atoms with Crippen LogP contribution in [0.5, 0.6) is 0 Å². The molecule has 0 radical (unpaired) electrons. The second kappa shape index (κ2) is 8.52. The van der Waals surface area contributed by atoms with Crippen LogP contribution < -0.4 is 16.0 Å². The van der Waals surface area contributed by atoms with E-state index in [1.165, 1.54) is 0 Å². The fourth-order valence-electron chi connectivity index (χ4n) is 1.75. The number of halogens is 1. The molecule has 1 aromatic carbocycles. The van der Waals surface area contributed by atoms with Crippen molar-refractivity contribution in [3.8, 4) is 0 Å². The van der Waals surface area contributed by atoms with Crippen molar-refractivity contribution in [2.45, 2.75) is 6.04 Å². The molecule has 1 unspecified atom stereocenters. The monoisotopic (exact) mass is 299 g/mol. The molecule has 110 valence electrons. The first-order valence-corrected chi connectivity index (χ1v) is 6.19. The van der Waals surface area contributed by atoms with Gasteiger partial charge in [-0.2, -0.15) is 0 Å². The highest BCUT2D eigenvalue weighted by Gasteiger charge is 2.21. The molecule has 2 amide bonds. The molecule has 2 rings (SSSR count). The van der Waals surface area contributed by atoms with Crippen molar-refractivity contribution in [3.05, 3.63) is 30.3 Å². The van der Waals surface area contributed by atoms with E-state index in [1.54, 1.807) is 12.1 Å². The van der Waals surface area contributed by atoms with Gasteiger partial charge in [-0.05, 0) is 12.1 Å². The van der Waals surface area contributed by atoms with E-state index in [2.05, 4.69) is 16.0 Å². The molecule has 0 aliphatic carbocycles. The van der Waals surface area contributed by atoms with Crippen LogP contribution in [0, 0.1) is 0 Å². The molecule has 1 fully saturated rings. The largest absolute Gasteiger partial charge is 0.378 e. The molecule has 6 nitrogen and oxygen atoms in total. The predicted molar refractivity (Wildman–Crippen MR) is 77.9 cm³/mol. The maximum atomic E-state index is 11.7. The fraction of sp³-hybridized carbons (Fsp3) is 0.385. The van der Waals surface area contributed by atoms with Crippen LogP contribution in [0.1, 0.15) is 0 Å². The lowest BCUT2D eigenvalue weighted by molar-refractivity contribution is -0.128. The molecule has 20 heavy (non-hydrogen) atoms. The topological polar surface area (TPSA) is 79.5 Å². The number of morpholine rings is 1. The molecule has 3 N–H and O–H groups in total. The summed E-state index contributed by atoms with van der Waals surface area (Å²) in [5.74, 6) is -0.473. The Morgan fingerprint density at radius 2 is 2.05 bits per heavy atom. The number of anilines is 1. The molecular formula is C13H18ClN3O3. The van der Waals surface area contributed by atoms with E-state index in [0.717, 1.165) is 0 Å². The van der Waals surface area contributed by atoms with E-state index < -0.39 is 0 Å². The summed E-state index contributed by atoms with van der Waals surface area (Å²) in [7, 11) is 0. The molecule has 7 heteroatoms. The number of nitrogens with one attached hydrogen (secondary N) is 3. The number of carbonyl (C=O) groups is 2. The molecule has 1 aliphatic heterocycles. The number of ether oxygens (including phenoxy) is 1. The lowest BCUT2D eigenvalue weighted by atomic mass is 10.2. The standard InChI is InChI=1S/C13H17N3O3.ClH/c17-12(16-10-4-2-1-3-5-10)8-15-13(18)11-9-19-7-6-14-11;/h1-5,11,14H,6-9H2,(H,15,18)(H,16,17);1H. The quantitative estimate of drug-likeness (QED) is 0.739.